The molecule has 0 spiro atoms. The summed E-state index contributed by atoms with van der Waals surface area (Å²) in [7, 11) is -4.20. The molecule has 0 bridgehead atoms. The van der Waals surface area contributed by atoms with E-state index in [1.165, 1.54) is 24.3 Å². The monoisotopic (exact) mass is 396 g/mol. The zero-order valence-corrected chi connectivity index (χ0v) is 15.9. The van der Waals surface area contributed by atoms with E-state index in [4.69, 9.17) is 0 Å². The lowest BCUT2D eigenvalue weighted by atomic mass is 10.0. The van der Waals surface area contributed by atoms with E-state index in [-0.39, 0.29) is 18.3 Å². The van der Waals surface area contributed by atoms with E-state index in [0.717, 1.165) is 12.1 Å². The Morgan fingerprint density at radius 2 is 1.78 bits per heavy atom. The van der Waals surface area contributed by atoms with Crippen molar-refractivity contribution in [2.75, 3.05) is 6.54 Å². The Balaban J connectivity index is 2.03. The summed E-state index contributed by atoms with van der Waals surface area (Å²) in [4.78, 5) is 11.9. The minimum Gasteiger partial charge on any atom is -0.354 e. The third kappa shape index (κ3) is 5.83. The highest BCUT2D eigenvalue weighted by Gasteiger charge is 2.29. The van der Waals surface area contributed by atoms with Gasteiger partial charge in [0.05, 0.1) is 0 Å². The van der Waals surface area contributed by atoms with Gasteiger partial charge in [-0.2, -0.15) is 4.72 Å². The Bertz CT molecular complexity index is 901. The Labute approximate surface area is 157 Å². The molecule has 0 aliphatic heterocycles. The van der Waals surface area contributed by atoms with Crippen LogP contribution in [0.15, 0.2) is 53.4 Å². The molecule has 0 aliphatic rings. The molecule has 0 radical (unpaired) electrons. The molecule has 2 N–H and O–H groups in total. The number of benzene rings is 2. The Morgan fingerprint density at radius 1 is 1.07 bits per heavy atom. The predicted molar refractivity (Wildman–Crippen MR) is 98.5 cm³/mol. The van der Waals surface area contributed by atoms with Gasteiger partial charge in [0.2, 0.25) is 15.9 Å². The molecular weight excluding hydrogens is 374 g/mol. The van der Waals surface area contributed by atoms with Crippen LogP contribution >= 0.6 is 0 Å². The summed E-state index contributed by atoms with van der Waals surface area (Å²) in [5, 5.41) is 2.64. The molecule has 2 aromatic carbocycles. The van der Waals surface area contributed by atoms with Crippen molar-refractivity contribution >= 4 is 15.9 Å². The van der Waals surface area contributed by atoms with Gasteiger partial charge in [0.15, 0.2) is 0 Å². The zero-order chi connectivity index (χ0) is 20.0. The van der Waals surface area contributed by atoms with E-state index < -0.39 is 32.7 Å². The van der Waals surface area contributed by atoms with Crippen molar-refractivity contribution in [2.24, 2.45) is 5.92 Å². The Morgan fingerprint density at radius 3 is 2.41 bits per heavy atom. The van der Waals surface area contributed by atoms with Crippen LogP contribution in [0.3, 0.4) is 0 Å². The normalized spacial score (nSPS) is 12.8. The fourth-order valence-electron chi connectivity index (χ4n) is 2.52. The van der Waals surface area contributed by atoms with E-state index in [1.807, 2.05) is 0 Å². The summed E-state index contributed by atoms with van der Waals surface area (Å²) in [6, 6.07) is 9.90. The molecule has 2 rings (SSSR count). The van der Waals surface area contributed by atoms with Crippen LogP contribution < -0.4 is 10.0 Å². The number of rotatable bonds is 8. The number of nitrogens with one attached hydrogen (secondary N) is 2. The SMILES string of the molecule is CC(C)[C@H](NS(=O)(=O)c1ccccc1F)C(=O)NCCc1cccc(F)c1. The van der Waals surface area contributed by atoms with Gasteiger partial charge in [-0.3, -0.25) is 4.79 Å². The Hall–Kier alpha value is -2.32. The van der Waals surface area contributed by atoms with Crippen LogP contribution in [0.4, 0.5) is 8.78 Å². The molecule has 5 nitrogen and oxygen atoms in total. The van der Waals surface area contributed by atoms with Crippen LogP contribution in [0.2, 0.25) is 0 Å². The molecule has 1 amide bonds. The molecule has 146 valence electrons. The first kappa shape index (κ1) is 21.0. The first-order valence-electron chi connectivity index (χ1n) is 8.49. The van der Waals surface area contributed by atoms with Crippen molar-refractivity contribution in [3.63, 3.8) is 0 Å². The van der Waals surface area contributed by atoms with Gasteiger partial charge >= 0.3 is 0 Å². The zero-order valence-electron chi connectivity index (χ0n) is 15.1. The first-order valence-corrected chi connectivity index (χ1v) is 9.98. The van der Waals surface area contributed by atoms with Gasteiger partial charge in [0, 0.05) is 6.54 Å². The lowest BCUT2D eigenvalue weighted by Gasteiger charge is -2.21. The highest BCUT2D eigenvalue weighted by molar-refractivity contribution is 7.89. The number of carbonyl (C=O) groups excluding carboxylic acids is 1. The largest absolute Gasteiger partial charge is 0.354 e. The van der Waals surface area contributed by atoms with Gasteiger partial charge in [0.1, 0.15) is 22.6 Å². The summed E-state index contributed by atoms with van der Waals surface area (Å²) in [6.45, 7) is 3.58. The highest BCUT2D eigenvalue weighted by atomic mass is 32.2. The smallest absolute Gasteiger partial charge is 0.244 e. The molecule has 0 heterocycles. The summed E-state index contributed by atoms with van der Waals surface area (Å²) < 4.78 is 54.1. The maximum absolute atomic E-state index is 13.8. The fraction of sp³-hybridized carbons (Fsp3) is 0.316. The number of hydrogen-bond acceptors (Lipinski definition) is 3. The van der Waals surface area contributed by atoms with Crippen LogP contribution in [0, 0.1) is 17.6 Å². The van der Waals surface area contributed by atoms with Gasteiger partial charge in [-0.05, 0) is 42.2 Å². The van der Waals surface area contributed by atoms with Crippen LogP contribution in [-0.4, -0.2) is 26.9 Å². The van der Waals surface area contributed by atoms with Crippen molar-refractivity contribution in [3.8, 4) is 0 Å². The maximum Gasteiger partial charge on any atom is 0.244 e. The average Bonchev–Trinajstić information content (AvgIpc) is 2.59. The van der Waals surface area contributed by atoms with E-state index in [9.17, 15) is 22.0 Å². The number of hydrogen-bond donors (Lipinski definition) is 2. The number of amides is 1. The quantitative estimate of drug-likeness (QED) is 0.720. The minimum absolute atomic E-state index is 0.215. The minimum atomic E-state index is -4.20. The second-order valence-corrected chi connectivity index (χ2v) is 8.13. The van der Waals surface area contributed by atoms with E-state index >= 15 is 0 Å². The molecular formula is C19H22F2N2O3S. The molecule has 0 fully saturated rings. The molecule has 27 heavy (non-hydrogen) atoms. The molecule has 0 aromatic heterocycles. The van der Waals surface area contributed by atoms with Crippen LogP contribution in [0.5, 0.6) is 0 Å². The molecule has 0 aliphatic carbocycles. The van der Waals surface area contributed by atoms with Crippen molar-refractivity contribution in [3.05, 3.63) is 65.7 Å². The lowest BCUT2D eigenvalue weighted by Crippen LogP contribution is -2.50. The van der Waals surface area contributed by atoms with E-state index in [0.29, 0.717) is 12.0 Å². The molecule has 2 aromatic rings. The molecule has 1 atom stereocenters. The number of sulfonamides is 1. The topological polar surface area (TPSA) is 75.3 Å². The third-order valence-corrected chi connectivity index (χ3v) is 5.43. The second-order valence-electron chi connectivity index (χ2n) is 6.44. The molecule has 8 heteroatoms. The van der Waals surface area contributed by atoms with E-state index in [1.54, 1.807) is 26.0 Å². The van der Waals surface area contributed by atoms with E-state index in [2.05, 4.69) is 10.0 Å². The summed E-state index contributed by atoms with van der Waals surface area (Å²) in [5.74, 6) is -2.14. The lowest BCUT2D eigenvalue weighted by molar-refractivity contribution is -0.123. The summed E-state index contributed by atoms with van der Waals surface area (Å²) in [5.41, 5.74) is 0.711. The average molecular weight is 396 g/mol. The number of halogens is 2. The maximum atomic E-state index is 13.8. The van der Waals surface area contributed by atoms with Gasteiger partial charge in [-0.25, -0.2) is 17.2 Å². The van der Waals surface area contributed by atoms with Crippen molar-refractivity contribution < 1.29 is 22.0 Å². The third-order valence-electron chi connectivity index (χ3n) is 3.96. The van der Waals surface area contributed by atoms with Gasteiger partial charge < -0.3 is 5.32 Å². The van der Waals surface area contributed by atoms with Crippen molar-refractivity contribution in [1.82, 2.24) is 10.0 Å². The Kier molecular flexibility index (Phi) is 7.04. The summed E-state index contributed by atoms with van der Waals surface area (Å²) >= 11 is 0. The fourth-order valence-corrected chi connectivity index (χ4v) is 3.94. The standard InChI is InChI=1S/C19H22F2N2O3S/c1-13(2)18(23-27(25,26)17-9-4-3-8-16(17)21)19(24)22-11-10-14-6-5-7-15(20)12-14/h3-9,12-13,18,23H,10-11H2,1-2H3,(H,22,24)/t18-/m0/s1. The molecule has 0 saturated heterocycles. The van der Waals surface area contributed by atoms with Crippen LogP contribution in [0.25, 0.3) is 0 Å². The highest BCUT2D eigenvalue weighted by Crippen LogP contribution is 2.15. The van der Waals surface area contributed by atoms with Crippen LogP contribution in [-0.2, 0) is 21.2 Å². The van der Waals surface area contributed by atoms with Gasteiger partial charge in [-0.1, -0.05) is 38.1 Å². The van der Waals surface area contributed by atoms with Crippen LogP contribution in [0.1, 0.15) is 19.4 Å². The predicted octanol–water partition coefficient (Wildman–Crippen LogP) is 2.63. The molecule has 0 saturated carbocycles. The summed E-state index contributed by atoms with van der Waals surface area (Å²) in [6.07, 6.45) is 0.397. The molecule has 0 unspecified atom stereocenters. The first-order chi connectivity index (χ1) is 12.7. The number of carbonyl (C=O) groups is 1. The van der Waals surface area contributed by atoms with Gasteiger partial charge in [-0.15, -0.1) is 0 Å². The second kappa shape index (κ2) is 9.05. The van der Waals surface area contributed by atoms with Crippen molar-refractivity contribution in [2.45, 2.75) is 31.2 Å². The van der Waals surface area contributed by atoms with Gasteiger partial charge in [0.25, 0.3) is 0 Å². The van der Waals surface area contributed by atoms with Crippen molar-refractivity contribution in [1.29, 1.82) is 0 Å².